The van der Waals surface area contributed by atoms with E-state index in [-0.39, 0.29) is 0 Å². The van der Waals surface area contributed by atoms with E-state index in [2.05, 4.69) is 33.0 Å². The average molecular weight is 269 g/mol. The molecule has 1 aliphatic rings. The van der Waals surface area contributed by atoms with Gasteiger partial charge in [-0.05, 0) is 12.1 Å². The van der Waals surface area contributed by atoms with E-state index in [4.69, 9.17) is 10.1 Å². The van der Waals surface area contributed by atoms with E-state index in [9.17, 15) is 0 Å². The van der Waals surface area contributed by atoms with Gasteiger partial charge in [-0.15, -0.1) is 0 Å². The van der Waals surface area contributed by atoms with Crippen molar-refractivity contribution < 1.29 is 4.74 Å². The number of rotatable bonds is 2. The van der Waals surface area contributed by atoms with Crippen LogP contribution in [-0.4, -0.2) is 32.5 Å². The van der Waals surface area contributed by atoms with Crippen LogP contribution in [0.3, 0.4) is 0 Å². The molecule has 0 aromatic heterocycles. The molecule has 1 aromatic carbocycles. The number of nitrogens with one attached hydrogen (secondary N) is 1. The van der Waals surface area contributed by atoms with Crippen molar-refractivity contribution in [1.82, 2.24) is 0 Å². The van der Waals surface area contributed by atoms with E-state index < -0.39 is 0 Å². The van der Waals surface area contributed by atoms with Gasteiger partial charge in [-0.25, -0.2) is 0 Å². The molecular formula is C11H13BrN2O. The maximum absolute atomic E-state index is 7.21. The zero-order valence-corrected chi connectivity index (χ0v) is 9.96. The molecule has 0 aliphatic carbocycles. The van der Waals surface area contributed by atoms with E-state index in [0.717, 1.165) is 36.3 Å². The Balaban J connectivity index is 2.21. The van der Waals surface area contributed by atoms with Crippen molar-refractivity contribution in [1.29, 1.82) is 5.41 Å². The highest BCUT2D eigenvalue weighted by atomic mass is 79.9. The number of halogens is 1. The highest BCUT2D eigenvalue weighted by Gasteiger charge is 2.11. The van der Waals surface area contributed by atoms with Gasteiger partial charge in [-0.3, -0.25) is 0 Å². The number of hydrogen-bond donors (Lipinski definition) is 1. The molecule has 80 valence electrons. The summed E-state index contributed by atoms with van der Waals surface area (Å²) < 4.78 is 6.28. The lowest BCUT2D eigenvalue weighted by atomic mass is 10.2. The number of morpholine rings is 1. The van der Waals surface area contributed by atoms with Crippen LogP contribution in [0.1, 0.15) is 5.56 Å². The monoisotopic (exact) mass is 268 g/mol. The smallest absolute Gasteiger partial charge is 0.0642 e. The maximum Gasteiger partial charge on any atom is 0.0642 e. The van der Waals surface area contributed by atoms with Crippen molar-refractivity contribution in [2.24, 2.45) is 0 Å². The van der Waals surface area contributed by atoms with Crippen molar-refractivity contribution >= 4 is 27.8 Å². The standard InChI is InChI=1S/C11H13BrN2O/c12-11-7-10(2-1-9(11)8-13)14-3-5-15-6-4-14/h1-2,7-8,13H,3-6H2. The minimum Gasteiger partial charge on any atom is -0.378 e. The van der Waals surface area contributed by atoms with Gasteiger partial charge in [-0.1, -0.05) is 22.0 Å². The molecule has 1 aliphatic heterocycles. The molecule has 0 spiro atoms. The highest BCUT2D eigenvalue weighted by Crippen LogP contribution is 2.23. The number of anilines is 1. The second-order valence-electron chi connectivity index (χ2n) is 3.45. The molecule has 0 atom stereocenters. The Morgan fingerprint density at radius 3 is 2.67 bits per heavy atom. The third kappa shape index (κ3) is 2.38. The number of benzene rings is 1. The van der Waals surface area contributed by atoms with Crippen LogP contribution in [0.25, 0.3) is 0 Å². The van der Waals surface area contributed by atoms with Crippen LogP contribution >= 0.6 is 15.9 Å². The second kappa shape index (κ2) is 4.77. The van der Waals surface area contributed by atoms with Gasteiger partial charge in [-0.2, -0.15) is 0 Å². The van der Waals surface area contributed by atoms with Crippen LogP contribution in [0.15, 0.2) is 22.7 Å². The largest absolute Gasteiger partial charge is 0.378 e. The quantitative estimate of drug-likeness (QED) is 0.836. The summed E-state index contributed by atoms with van der Waals surface area (Å²) >= 11 is 3.46. The van der Waals surface area contributed by atoms with Gasteiger partial charge < -0.3 is 15.0 Å². The zero-order chi connectivity index (χ0) is 10.7. The van der Waals surface area contributed by atoms with Gasteiger partial charge in [0, 0.05) is 35.0 Å². The molecule has 1 saturated heterocycles. The Morgan fingerprint density at radius 2 is 2.07 bits per heavy atom. The molecule has 15 heavy (non-hydrogen) atoms. The third-order valence-corrected chi connectivity index (χ3v) is 3.20. The van der Waals surface area contributed by atoms with Gasteiger partial charge in [0.25, 0.3) is 0 Å². The summed E-state index contributed by atoms with van der Waals surface area (Å²) in [7, 11) is 0. The lowest BCUT2D eigenvalue weighted by Crippen LogP contribution is -2.36. The molecule has 0 amide bonds. The normalized spacial score (nSPS) is 16.5. The second-order valence-corrected chi connectivity index (χ2v) is 4.30. The summed E-state index contributed by atoms with van der Waals surface area (Å²) in [5, 5.41) is 7.21. The third-order valence-electron chi connectivity index (χ3n) is 2.52. The van der Waals surface area contributed by atoms with Crippen molar-refractivity contribution in [3.8, 4) is 0 Å². The van der Waals surface area contributed by atoms with Crippen molar-refractivity contribution in [3.05, 3.63) is 28.2 Å². The van der Waals surface area contributed by atoms with E-state index in [1.54, 1.807) is 0 Å². The Morgan fingerprint density at radius 1 is 1.33 bits per heavy atom. The first kappa shape index (κ1) is 10.6. The molecule has 0 unspecified atom stereocenters. The fraction of sp³-hybridized carbons (Fsp3) is 0.364. The predicted octanol–water partition coefficient (Wildman–Crippen LogP) is 2.28. The summed E-state index contributed by atoms with van der Waals surface area (Å²) in [5.74, 6) is 0. The maximum atomic E-state index is 7.21. The summed E-state index contributed by atoms with van der Waals surface area (Å²) in [6.45, 7) is 3.47. The van der Waals surface area contributed by atoms with Gasteiger partial charge >= 0.3 is 0 Å². The fourth-order valence-electron chi connectivity index (χ4n) is 1.65. The fourth-order valence-corrected chi connectivity index (χ4v) is 2.13. The van der Waals surface area contributed by atoms with E-state index >= 15 is 0 Å². The molecule has 1 N–H and O–H groups in total. The summed E-state index contributed by atoms with van der Waals surface area (Å²) in [6, 6.07) is 6.07. The van der Waals surface area contributed by atoms with Crippen LogP contribution in [0.2, 0.25) is 0 Å². The molecule has 0 saturated carbocycles. The lowest BCUT2D eigenvalue weighted by Gasteiger charge is -2.29. The molecule has 1 fully saturated rings. The van der Waals surface area contributed by atoms with Crippen LogP contribution in [0, 0.1) is 5.41 Å². The Labute approximate surface area is 97.7 Å². The van der Waals surface area contributed by atoms with Gasteiger partial charge in [0.15, 0.2) is 0 Å². The molecule has 0 bridgehead atoms. The van der Waals surface area contributed by atoms with E-state index in [1.807, 2.05) is 6.07 Å². The number of ether oxygens (including phenoxy) is 1. The highest BCUT2D eigenvalue weighted by molar-refractivity contribution is 9.10. The van der Waals surface area contributed by atoms with Crippen LogP contribution < -0.4 is 4.90 Å². The molecular weight excluding hydrogens is 256 g/mol. The van der Waals surface area contributed by atoms with E-state index in [1.165, 1.54) is 11.9 Å². The molecule has 1 heterocycles. The topological polar surface area (TPSA) is 36.3 Å². The van der Waals surface area contributed by atoms with Crippen molar-refractivity contribution in [2.75, 3.05) is 31.2 Å². The van der Waals surface area contributed by atoms with Gasteiger partial charge in [0.1, 0.15) is 0 Å². The first-order valence-electron chi connectivity index (χ1n) is 4.94. The van der Waals surface area contributed by atoms with Crippen LogP contribution in [0.4, 0.5) is 5.69 Å². The SMILES string of the molecule is N=Cc1ccc(N2CCOCC2)cc1Br. The Hall–Kier alpha value is -0.870. The summed E-state index contributed by atoms with van der Waals surface area (Å²) in [5.41, 5.74) is 2.10. The molecule has 2 rings (SSSR count). The predicted molar refractivity (Wildman–Crippen MR) is 65.1 cm³/mol. The zero-order valence-electron chi connectivity index (χ0n) is 8.37. The van der Waals surface area contributed by atoms with Crippen molar-refractivity contribution in [2.45, 2.75) is 0 Å². The van der Waals surface area contributed by atoms with Crippen LogP contribution in [0.5, 0.6) is 0 Å². The Bertz CT molecular complexity index is 362. The minimum absolute atomic E-state index is 0.796. The van der Waals surface area contributed by atoms with Gasteiger partial charge in [0.2, 0.25) is 0 Å². The van der Waals surface area contributed by atoms with Crippen LogP contribution in [-0.2, 0) is 4.74 Å². The summed E-state index contributed by atoms with van der Waals surface area (Å²) in [4.78, 5) is 2.29. The average Bonchev–Trinajstić information content (AvgIpc) is 2.30. The minimum atomic E-state index is 0.796. The molecule has 1 aromatic rings. The Kier molecular flexibility index (Phi) is 3.38. The first-order chi connectivity index (χ1) is 7.31. The van der Waals surface area contributed by atoms with Crippen molar-refractivity contribution in [3.63, 3.8) is 0 Å². The number of hydrogen-bond acceptors (Lipinski definition) is 3. The lowest BCUT2D eigenvalue weighted by molar-refractivity contribution is 0.122. The van der Waals surface area contributed by atoms with E-state index in [0.29, 0.717) is 0 Å². The summed E-state index contributed by atoms with van der Waals surface area (Å²) in [6.07, 6.45) is 1.35. The first-order valence-corrected chi connectivity index (χ1v) is 5.73. The van der Waals surface area contributed by atoms with Gasteiger partial charge in [0.05, 0.1) is 13.2 Å². The number of nitrogens with zero attached hydrogens (tertiary/aromatic N) is 1. The molecule has 3 nitrogen and oxygen atoms in total. The molecule has 0 radical (unpaired) electrons. The molecule has 4 heteroatoms.